The zero-order valence-corrected chi connectivity index (χ0v) is 18.7. The molecule has 164 valence electrons. The van der Waals surface area contributed by atoms with Gasteiger partial charge in [0.15, 0.2) is 5.75 Å². The molecule has 0 saturated carbocycles. The van der Waals surface area contributed by atoms with E-state index in [1.165, 1.54) is 22.9 Å². The van der Waals surface area contributed by atoms with Gasteiger partial charge in [0.25, 0.3) is 5.91 Å². The maximum Gasteiger partial charge on any atom is 0.250 e. The minimum absolute atomic E-state index is 0.158. The smallest absolute Gasteiger partial charge is 0.250 e. The first-order chi connectivity index (χ1) is 16.2. The van der Waals surface area contributed by atoms with E-state index in [9.17, 15) is 4.79 Å². The van der Waals surface area contributed by atoms with Gasteiger partial charge in [0.1, 0.15) is 18.8 Å². The molecule has 1 aromatic heterocycles. The molecule has 1 aliphatic rings. The normalized spacial score (nSPS) is 12.7. The number of aromatic nitrogens is 2. The van der Waals surface area contributed by atoms with Crippen molar-refractivity contribution in [2.24, 2.45) is 0 Å². The van der Waals surface area contributed by atoms with Crippen LogP contribution in [-0.4, -0.2) is 29.0 Å². The number of hydrogen-bond acceptors (Lipinski definition) is 6. The zero-order valence-electron chi connectivity index (χ0n) is 17.9. The van der Waals surface area contributed by atoms with Gasteiger partial charge in [0.2, 0.25) is 0 Å². The van der Waals surface area contributed by atoms with Gasteiger partial charge < -0.3 is 15.0 Å². The Kier molecular flexibility index (Phi) is 5.95. The summed E-state index contributed by atoms with van der Waals surface area (Å²) in [5, 5.41) is 4.14. The molecule has 0 unspecified atom stereocenters. The zero-order chi connectivity index (χ0) is 22.6. The maximum absolute atomic E-state index is 12.3. The van der Waals surface area contributed by atoms with Crippen molar-refractivity contribution in [3.05, 3.63) is 91.3 Å². The third-order valence-electron chi connectivity index (χ3n) is 5.39. The molecule has 5 rings (SSSR count). The molecule has 1 amide bonds. The molecule has 0 radical (unpaired) electrons. The van der Waals surface area contributed by atoms with E-state index in [1.807, 2.05) is 30.3 Å². The van der Waals surface area contributed by atoms with Gasteiger partial charge in [-0.1, -0.05) is 36.9 Å². The first-order valence-electron chi connectivity index (χ1n) is 10.6. The average molecular weight is 455 g/mol. The number of anilines is 3. The second kappa shape index (κ2) is 9.34. The fourth-order valence-electron chi connectivity index (χ4n) is 3.78. The lowest BCUT2D eigenvalue weighted by Crippen LogP contribution is -2.36. The highest BCUT2D eigenvalue weighted by molar-refractivity contribution is 7.98. The molecule has 4 aromatic rings. The molecule has 33 heavy (non-hydrogen) atoms. The first kappa shape index (κ1) is 21.0. The van der Waals surface area contributed by atoms with E-state index >= 15 is 0 Å². The van der Waals surface area contributed by atoms with Gasteiger partial charge in [0.05, 0.1) is 23.1 Å². The molecule has 2 heterocycles. The summed E-state index contributed by atoms with van der Waals surface area (Å²) in [6.07, 6.45) is 2.84. The molecule has 0 fully saturated rings. The molecule has 3 aromatic carbocycles. The number of amides is 1. The molecule has 6 nitrogen and oxygen atoms in total. The van der Waals surface area contributed by atoms with Crippen LogP contribution in [0.2, 0.25) is 0 Å². The van der Waals surface area contributed by atoms with Crippen molar-refractivity contribution in [2.45, 2.75) is 10.6 Å². The highest BCUT2D eigenvalue weighted by atomic mass is 32.2. The predicted molar refractivity (Wildman–Crippen MR) is 133 cm³/mol. The number of nitrogens with zero attached hydrogens (tertiary/aromatic N) is 3. The molecule has 0 spiro atoms. The number of thioether (sulfide) groups is 1. The van der Waals surface area contributed by atoms with Crippen molar-refractivity contribution in [1.82, 2.24) is 9.97 Å². The third kappa shape index (κ3) is 4.40. The maximum atomic E-state index is 12.3. The van der Waals surface area contributed by atoms with Crippen LogP contribution in [0.25, 0.3) is 10.9 Å². The molecule has 0 atom stereocenters. The highest BCUT2D eigenvalue weighted by Gasteiger charge is 2.25. The Balaban J connectivity index is 1.41. The van der Waals surface area contributed by atoms with E-state index in [0.717, 1.165) is 22.3 Å². The highest BCUT2D eigenvalue weighted by Crippen LogP contribution is 2.41. The fourth-order valence-corrected chi connectivity index (χ4v) is 4.63. The van der Waals surface area contributed by atoms with Gasteiger partial charge in [-0.25, -0.2) is 9.97 Å². The van der Waals surface area contributed by atoms with Crippen LogP contribution in [0, 0.1) is 0 Å². The van der Waals surface area contributed by atoms with Crippen molar-refractivity contribution in [2.75, 3.05) is 23.4 Å². The van der Waals surface area contributed by atoms with E-state index < -0.39 is 0 Å². The van der Waals surface area contributed by atoms with Crippen molar-refractivity contribution in [1.29, 1.82) is 0 Å². The van der Waals surface area contributed by atoms with E-state index in [2.05, 4.69) is 58.3 Å². The van der Waals surface area contributed by atoms with Crippen molar-refractivity contribution >= 4 is 45.8 Å². The molecule has 0 bridgehead atoms. The SMILES string of the molecule is C=CC(=O)N1CCOc2c1ccc1ncnc(Nc3ccc(SCc4ccccc4)cc3)c21. The molecule has 0 aliphatic carbocycles. The number of carbonyl (C=O) groups excluding carboxylic acids is 1. The largest absolute Gasteiger partial charge is 0.489 e. The molecule has 7 heteroatoms. The Hall–Kier alpha value is -3.84. The Labute approximate surface area is 196 Å². The average Bonchev–Trinajstić information content (AvgIpc) is 2.88. The summed E-state index contributed by atoms with van der Waals surface area (Å²) < 4.78 is 5.98. The van der Waals surface area contributed by atoms with E-state index in [1.54, 1.807) is 16.7 Å². The standard InChI is InChI=1S/C26H22N4O2S/c1-2-23(31)30-14-15-32-25-22(30)13-12-21-24(25)26(28-17-27-21)29-19-8-10-20(11-9-19)33-16-18-6-4-3-5-7-18/h2-13,17H,1,14-16H2,(H,27,28,29). The van der Waals surface area contributed by atoms with Gasteiger partial charge in [0, 0.05) is 16.3 Å². The summed E-state index contributed by atoms with van der Waals surface area (Å²) >= 11 is 1.80. The summed E-state index contributed by atoms with van der Waals surface area (Å²) in [6, 6.07) is 22.4. The van der Waals surface area contributed by atoms with E-state index in [0.29, 0.717) is 30.4 Å². The number of hydrogen-bond donors (Lipinski definition) is 1. The molecule has 1 aliphatic heterocycles. The van der Waals surface area contributed by atoms with Crippen LogP contribution in [0.15, 0.2) is 90.6 Å². The number of carbonyl (C=O) groups is 1. The number of ether oxygens (including phenoxy) is 1. The fraction of sp³-hybridized carbons (Fsp3) is 0.115. The van der Waals surface area contributed by atoms with E-state index in [4.69, 9.17) is 4.74 Å². The van der Waals surface area contributed by atoms with Crippen molar-refractivity contribution in [3.8, 4) is 5.75 Å². The summed E-state index contributed by atoms with van der Waals surface area (Å²) in [6.45, 7) is 4.48. The van der Waals surface area contributed by atoms with Crippen LogP contribution >= 0.6 is 11.8 Å². The molecule has 0 saturated heterocycles. The summed E-state index contributed by atoms with van der Waals surface area (Å²) in [4.78, 5) is 24.0. The lowest BCUT2D eigenvalue weighted by Gasteiger charge is -2.29. The second-order valence-corrected chi connectivity index (χ2v) is 8.55. The lowest BCUT2D eigenvalue weighted by atomic mass is 10.1. The Bertz CT molecular complexity index is 1310. The van der Waals surface area contributed by atoms with Gasteiger partial charge in [-0.3, -0.25) is 4.79 Å². The molecular weight excluding hydrogens is 432 g/mol. The van der Waals surface area contributed by atoms with Gasteiger partial charge in [-0.2, -0.15) is 0 Å². The topological polar surface area (TPSA) is 67.4 Å². The lowest BCUT2D eigenvalue weighted by molar-refractivity contribution is -0.114. The van der Waals surface area contributed by atoms with Gasteiger partial charge >= 0.3 is 0 Å². The Morgan fingerprint density at radius 1 is 1.09 bits per heavy atom. The monoisotopic (exact) mass is 454 g/mol. The number of fused-ring (bicyclic) bond motifs is 3. The Morgan fingerprint density at radius 3 is 2.70 bits per heavy atom. The van der Waals surface area contributed by atoms with Crippen molar-refractivity contribution < 1.29 is 9.53 Å². The van der Waals surface area contributed by atoms with Gasteiger partial charge in [-0.05, 0) is 48.0 Å². The van der Waals surface area contributed by atoms with E-state index in [-0.39, 0.29) is 5.91 Å². The van der Waals surface area contributed by atoms with Crippen molar-refractivity contribution in [3.63, 3.8) is 0 Å². The first-order valence-corrected chi connectivity index (χ1v) is 11.6. The number of rotatable bonds is 6. The predicted octanol–water partition coefficient (Wildman–Crippen LogP) is 5.58. The van der Waals surface area contributed by atoms with Crippen LogP contribution in [0.3, 0.4) is 0 Å². The quantitative estimate of drug-likeness (QED) is 0.303. The molecule has 1 N–H and O–H groups in total. The van der Waals surface area contributed by atoms with Gasteiger partial charge in [-0.15, -0.1) is 11.8 Å². The minimum atomic E-state index is -0.158. The van der Waals surface area contributed by atoms with Crippen LogP contribution in [0.5, 0.6) is 5.75 Å². The minimum Gasteiger partial charge on any atom is -0.489 e. The van der Waals surface area contributed by atoms with Crippen LogP contribution in [0.1, 0.15) is 5.56 Å². The molecular formula is C26H22N4O2S. The number of benzene rings is 3. The third-order valence-corrected chi connectivity index (χ3v) is 6.48. The second-order valence-electron chi connectivity index (χ2n) is 7.50. The Morgan fingerprint density at radius 2 is 1.91 bits per heavy atom. The summed E-state index contributed by atoms with van der Waals surface area (Å²) in [5.41, 5.74) is 3.65. The number of nitrogens with one attached hydrogen (secondary N) is 1. The van der Waals surface area contributed by atoms with Crippen LogP contribution in [-0.2, 0) is 10.5 Å². The van der Waals surface area contributed by atoms with Crippen LogP contribution < -0.4 is 15.0 Å². The summed E-state index contributed by atoms with van der Waals surface area (Å²) in [7, 11) is 0. The van der Waals surface area contributed by atoms with Crippen LogP contribution in [0.4, 0.5) is 17.2 Å². The summed E-state index contributed by atoms with van der Waals surface area (Å²) in [5.74, 6) is 2.00.